The average Bonchev–Trinajstić information content (AvgIpc) is 3.19. The summed E-state index contributed by atoms with van der Waals surface area (Å²) in [4.78, 5) is 41.8. The number of hydrogen-bond acceptors (Lipinski definition) is 4. The predicted octanol–water partition coefficient (Wildman–Crippen LogP) is 5.55. The van der Waals surface area contributed by atoms with E-state index >= 15 is 0 Å². The van der Waals surface area contributed by atoms with Gasteiger partial charge in [0.05, 0.1) is 6.04 Å². The van der Waals surface area contributed by atoms with Crippen molar-refractivity contribution in [1.29, 1.82) is 0 Å². The molecule has 7 heteroatoms. The molecule has 1 aliphatic heterocycles. The van der Waals surface area contributed by atoms with E-state index in [0.717, 1.165) is 49.3 Å². The van der Waals surface area contributed by atoms with Crippen molar-refractivity contribution in [3.05, 3.63) is 83.9 Å². The third-order valence-corrected chi connectivity index (χ3v) is 9.15. The van der Waals surface area contributed by atoms with Crippen molar-refractivity contribution in [2.45, 2.75) is 88.8 Å². The fourth-order valence-electron chi connectivity index (χ4n) is 6.56. The summed E-state index contributed by atoms with van der Waals surface area (Å²) in [5, 5.41) is 12.0. The first-order valence-corrected chi connectivity index (χ1v) is 16.2. The standard InChI is InChI=1S/C36H46N4O3/c1-2-26(27-11-5-3-6-12-27)25-40-22-21-32(24-37-35(42)30-18-17-28-13-9-10-14-29(28)23-30)38-33(36(40)43)19-20-34(41)39-31-15-7-4-8-16-31/h3,5-6,9-14,17-18,23,26,31-33,38H,2,4,7-8,15-16,19-22,24-25H2,1H3,(H,37,42)(H,39,41)/t26-,32+,33+/m1/s1. The Bertz CT molecular complexity index is 1370. The Labute approximate surface area is 255 Å². The van der Waals surface area contributed by atoms with Gasteiger partial charge >= 0.3 is 0 Å². The van der Waals surface area contributed by atoms with Crippen LogP contribution < -0.4 is 16.0 Å². The molecule has 43 heavy (non-hydrogen) atoms. The smallest absolute Gasteiger partial charge is 0.251 e. The number of rotatable bonds is 11. The molecule has 1 aliphatic carbocycles. The molecule has 3 atom stereocenters. The SMILES string of the molecule is CC[C@H](CN1CC[C@@H](CNC(=O)c2ccc3ccccc3c2)N[C@@H](CCC(=O)NC2CCCCC2)C1=O)c1ccccc1. The summed E-state index contributed by atoms with van der Waals surface area (Å²) >= 11 is 0. The molecule has 1 saturated carbocycles. The van der Waals surface area contributed by atoms with Gasteiger partial charge in [0.25, 0.3) is 5.91 Å². The molecule has 0 spiro atoms. The molecule has 1 saturated heterocycles. The van der Waals surface area contributed by atoms with Crippen LogP contribution in [0.5, 0.6) is 0 Å². The van der Waals surface area contributed by atoms with E-state index in [1.807, 2.05) is 65.6 Å². The lowest BCUT2D eigenvalue weighted by Gasteiger charge is -2.29. The molecule has 0 bridgehead atoms. The van der Waals surface area contributed by atoms with Crippen LogP contribution in [0.25, 0.3) is 10.8 Å². The molecule has 0 aromatic heterocycles. The zero-order valence-electron chi connectivity index (χ0n) is 25.4. The van der Waals surface area contributed by atoms with Crippen LogP contribution in [0.1, 0.15) is 86.6 Å². The van der Waals surface area contributed by atoms with Crippen LogP contribution >= 0.6 is 0 Å². The molecule has 2 aliphatic rings. The van der Waals surface area contributed by atoms with Crippen molar-refractivity contribution >= 4 is 28.5 Å². The summed E-state index contributed by atoms with van der Waals surface area (Å²) < 4.78 is 0. The second-order valence-electron chi connectivity index (χ2n) is 12.2. The lowest BCUT2D eigenvalue weighted by Crippen LogP contribution is -2.49. The van der Waals surface area contributed by atoms with Crippen LogP contribution in [-0.2, 0) is 9.59 Å². The Morgan fingerprint density at radius 1 is 0.930 bits per heavy atom. The zero-order valence-corrected chi connectivity index (χ0v) is 25.4. The van der Waals surface area contributed by atoms with Gasteiger partial charge in [0.1, 0.15) is 0 Å². The van der Waals surface area contributed by atoms with Gasteiger partial charge in [-0.15, -0.1) is 0 Å². The van der Waals surface area contributed by atoms with E-state index in [-0.39, 0.29) is 35.7 Å². The molecular formula is C36H46N4O3. The van der Waals surface area contributed by atoms with E-state index in [1.165, 1.54) is 12.0 Å². The molecule has 5 rings (SSSR count). The van der Waals surface area contributed by atoms with Gasteiger partial charge < -0.3 is 20.9 Å². The van der Waals surface area contributed by atoms with Crippen molar-refractivity contribution in [2.24, 2.45) is 0 Å². The van der Waals surface area contributed by atoms with Gasteiger partial charge in [-0.2, -0.15) is 0 Å². The largest absolute Gasteiger partial charge is 0.353 e. The minimum Gasteiger partial charge on any atom is -0.353 e. The number of benzene rings is 3. The van der Waals surface area contributed by atoms with Crippen molar-refractivity contribution in [2.75, 3.05) is 19.6 Å². The Morgan fingerprint density at radius 2 is 1.67 bits per heavy atom. The van der Waals surface area contributed by atoms with Gasteiger partial charge in [-0.25, -0.2) is 0 Å². The lowest BCUT2D eigenvalue weighted by atomic mass is 9.95. The third-order valence-electron chi connectivity index (χ3n) is 9.15. The van der Waals surface area contributed by atoms with Crippen LogP contribution in [0, 0.1) is 0 Å². The average molecular weight is 583 g/mol. The molecule has 7 nitrogen and oxygen atoms in total. The van der Waals surface area contributed by atoms with Crippen LogP contribution in [-0.4, -0.2) is 60.4 Å². The maximum absolute atomic E-state index is 13.9. The summed E-state index contributed by atoms with van der Waals surface area (Å²) in [6, 6.07) is 23.8. The Balaban J connectivity index is 1.24. The highest BCUT2D eigenvalue weighted by Gasteiger charge is 2.32. The fourth-order valence-corrected chi connectivity index (χ4v) is 6.56. The van der Waals surface area contributed by atoms with E-state index < -0.39 is 6.04 Å². The van der Waals surface area contributed by atoms with Gasteiger partial charge in [0, 0.05) is 49.6 Å². The molecule has 228 valence electrons. The van der Waals surface area contributed by atoms with E-state index in [9.17, 15) is 14.4 Å². The number of carbonyl (C=O) groups is 3. The molecule has 3 N–H and O–H groups in total. The van der Waals surface area contributed by atoms with Gasteiger partial charge in [-0.05, 0) is 60.6 Å². The molecule has 0 unspecified atom stereocenters. The lowest BCUT2D eigenvalue weighted by molar-refractivity contribution is -0.133. The summed E-state index contributed by atoms with van der Waals surface area (Å²) in [5.41, 5.74) is 1.85. The summed E-state index contributed by atoms with van der Waals surface area (Å²) in [6.07, 6.45) is 8.03. The zero-order chi connectivity index (χ0) is 30.0. The van der Waals surface area contributed by atoms with Crippen LogP contribution in [0.2, 0.25) is 0 Å². The van der Waals surface area contributed by atoms with Crippen molar-refractivity contribution in [1.82, 2.24) is 20.9 Å². The molecule has 2 fully saturated rings. The third kappa shape index (κ3) is 8.44. The first-order chi connectivity index (χ1) is 21.0. The topological polar surface area (TPSA) is 90.5 Å². The number of carbonyl (C=O) groups excluding carboxylic acids is 3. The first kappa shape index (κ1) is 30.7. The molecule has 3 aromatic carbocycles. The van der Waals surface area contributed by atoms with Crippen molar-refractivity contribution in [3.8, 4) is 0 Å². The number of nitrogens with one attached hydrogen (secondary N) is 3. The maximum atomic E-state index is 13.9. The monoisotopic (exact) mass is 582 g/mol. The van der Waals surface area contributed by atoms with Crippen molar-refractivity contribution < 1.29 is 14.4 Å². The second-order valence-corrected chi connectivity index (χ2v) is 12.2. The Kier molecular flexibility index (Phi) is 10.8. The van der Waals surface area contributed by atoms with Gasteiger partial charge in [0.15, 0.2) is 0 Å². The van der Waals surface area contributed by atoms with Crippen LogP contribution in [0.15, 0.2) is 72.8 Å². The van der Waals surface area contributed by atoms with Crippen LogP contribution in [0.3, 0.4) is 0 Å². The number of fused-ring (bicyclic) bond motifs is 1. The van der Waals surface area contributed by atoms with Gasteiger partial charge in [-0.1, -0.05) is 86.8 Å². The van der Waals surface area contributed by atoms with Gasteiger partial charge in [0.2, 0.25) is 11.8 Å². The number of nitrogens with zero attached hydrogens (tertiary/aromatic N) is 1. The molecule has 3 aromatic rings. The second kappa shape index (κ2) is 15.1. The minimum atomic E-state index is -0.476. The van der Waals surface area contributed by atoms with E-state index in [4.69, 9.17) is 0 Å². The van der Waals surface area contributed by atoms with E-state index in [2.05, 4.69) is 35.0 Å². The van der Waals surface area contributed by atoms with E-state index in [1.54, 1.807) is 0 Å². The highest BCUT2D eigenvalue weighted by atomic mass is 16.2. The summed E-state index contributed by atoms with van der Waals surface area (Å²) in [6.45, 7) is 3.82. The Morgan fingerprint density at radius 3 is 2.44 bits per heavy atom. The molecule has 0 radical (unpaired) electrons. The highest BCUT2D eigenvalue weighted by molar-refractivity contribution is 5.98. The quantitative estimate of drug-likeness (QED) is 0.277. The van der Waals surface area contributed by atoms with Crippen LogP contribution in [0.4, 0.5) is 0 Å². The molecule has 3 amide bonds. The fraction of sp³-hybridized carbons (Fsp3) is 0.472. The number of hydrogen-bond donors (Lipinski definition) is 3. The van der Waals surface area contributed by atoms with Crippen molar-refractivity contribution in [3.63, 3.8) is 0 Å². The minimum absolute atomic E-state index is 0.0224. The molecular weight excluding hydrogens is 536 g/mol. The normalized spacial score (nSPS) is 20.4. The number of amides is 3. The Hall–Kier alpha value is -3.71. The highest BCUT2D eigenvalue weighted by Crippen LogP contribution is 2.23. The first-order valence-electron chi connectivity index (χ1n) is 16.2. The summed E-state index contributed by atoms with van der Waals surface area (Å²) in [7, 11) is 0. The van der Waals surface area contributed by atoms with E-state index in [0.29, 0.717) is 38.0 Å². The van der Waals surface area contributed by atoms with Gasteiger partial charge in [-0.3, -0.25) is 14.4 Å². The maximum Gasteiger partial charge on any atom is 0.251 e. The summed E-state index contributed by atoms with van der Waals surface area (Å²) in [5.74, 6) is 0.181. The molecule has 1 heterocycles. The predicted molar refractivity (Wildman–Crippen MR) is 172 cm³/mol.